The van der Waals surface area contributed by atoms with Gasteiger partial charge >= 0.3 is 0 Å². The summed E-state index contributed by atoms with van der Waals surface area (Å²) in [5.41, 5.74) is 1.08. The van der Waals surface area contributed by atoms with E-state index < -0.39 is 22.0 Å². The van der Waals surface area contributed by atoms with Crippen LogP contribution in [-0.2, 0) is 27.7 Å². The van der Waals surface area contributed by atoms with E-state index in [4.69, 9.17) is 4.52 Å². The molecule has 2 N–H and O–H groups in total. The Labute approximate surface area is 140 Å². The third-order valence-electron chi connectivity index (χ3n) is 3.14. The quantitative estimate of drug-likeness (QED) is 0.704. The van der Waals surface area contributed by atoms with Crippen LogP contribution < -0.4 is 10.0 Å². The number of benzene rings is 1. The molecule has 1 atom stereocenters. The molecule has 0 unspecified atom stereocenters. The first kappa shape index (κ1) is 18.1. The lowest BCUT2D eigenvalue weighted by atomic mass is 10.1. The van der Waals surface area contributed by atoms with Gasteiger partial charge in [-0.1, -0.05) is 35.5 Å². The van der Waals surface area contributed by atoms with Gasteiger partial charge in [0.15, 0.2) is 5.82 Å². The Kier molecular flexibility index (Phi) is 6.04. The number of nitrogens with one attached hydrogen (secondary N) is 2. The molecule has 0 radical (unpaired) electrons. The van der Waals surface area contributed by atoms with Crippen LogP contribution in [0.15, 0.2) is 34.9 Å². The fraction of sp³-hybridized carbons (Fsp3) is 0.400. The number of amides is 1. The molecule has 0 spiro atoms. The highest BCUT2D eigenvalue weighted by molar-refractivity contribution is 7.88. The zero-order valence-corrected chi connectivity index (χ0v) is 14.3. The molecule has 0 aliphatic carbocycles. The molecule has 130 valence electrons. The normalized spacial score (nSPS) is 12.8. The van der Waals surface area contributed by atoms with E-state index in [2.05, 4.69) is 20.2 Å². The molecule has 0 saturated heterocycles. The maximum absolute atomic E-state index is 11.8. The van der Waals surface area contributed by atoms with Crippen molar-refractivity contribution in [3.8, 4) is 0 Å². The lowest BCUT2D eigenvalue weighted by Crippen LogP contribution is -2.44. The summed E-state index contributed by atoms with van der Waals surface area (Å²) >= 11 is 0. The number of carbonyl (C=O) groups excluding carboxylic acids is 1. The summed E-state index contributed by atoms with van der Waals surface area (Å²) in [6, 6.07) is 8.94. The van der Waals surface area contributed by atoms with E-state index in [9.17, 15) is 13.2 Å². The Balaban J connectivity index is 1.78. The SMILES string of the molecule is C[C@@H](NS(C)(=O)=O)C(=O)NCCc1nc(Cc2ccccc2)no1. The Bertz CT molecular complexity index is 774. The predicted molar refractivity (Wildman–Crippen MR) is 87.7 cm³/mol. The molecule has 9 heteroatoms. The van der Waals surface area contributed by atoms with Crippen LogP contribution >= 0.6 is 0 Å². The van der Waals surface area contributed by atoms with E-state index in [1.54, 1.807) is 0 Å². The smallest absolute Gasteiger partial charge is 0.237 e. The number of rotatable bonds is 8. The number of sulfonamides is 1. The van der Waals surface area contributed by atoms with Gasteiger partial charge in [-0.25, -0.2) is 13.1 Å². The number of hydrogen-bond acceptors (Lipinski definition) is 6. The van der Waals surface area contributed by atoms with Gasteiger partial charge in [0, 0.05) is 19.4 Å². The van der Waals surface area contributed by atoms with E-state index in [1.807, 2.05) is 30.3 Å². The molecular formula is C15H20N4O4S. The number of carbonyl (C=O) groups is 1. The lowest BCUT2D eigenvalue weighted by molar-refractivity contribution is -0.122. The Hall–Kier alpha value is -2.26. The van der Waals surface area contributed by atoms with E-state index in [-0.39, 0.29) is 6.54 Å². The Morgan fingerprint density at radius 3 is 2.67 bits per heavy atom. The van der Waals surface area contributed by atoms with Crippen molar-refractivity contribution in [2.45, 2.75) is 25.8 Å². The third kappa shape index (κ3) is 6.09. The molecule has 0 fully saturated rings. The monoisotopic (exact) mass is 352 g/mol. The van der Waals surface area contributed by atoms with E-state index in [0.717, 1.165) is 11.8 Å². The maximum atomic E-state index is 11.8. The molecule has 2 aromatic rings. The van der Waals surface area contributed by atoms with Crippen molar-refractivity contribution in [2.75, 3.05) is 12.8 Å². The molecular weight excluding hydrogens is 332 g/mol. The van der Waals surface area contributed by atoms with E-state index in [1.165, 1.54) is 6.92 Å². The summed E-state index contributed by atoms with van der Waals surface area (Å²) < 4.78 is 29.5. The Morgan fingerprint density at radius 2 is 2.00 bits per heavy atom. The highest BCUT2D eigenvalue weighted by atomic mass is 32.2. The van der Waals surface area contributed by atoms with Gasteiger partial charge in [0.2, 0.25) is 21.8 Å². The fourth-order valence-electron chi connectivity index (χ4n) is 2.06. The van der Waals surface area contributed by atoms with Gasteiger partial charge in [0.05, 0.1) is 12.3 Å². The summed E-state index contributed by atoms with van der Waals surface area (Å²) in [7, 11) is -3.42. The number of aromatic nitrogens is 2. The van der Waals surface area contributed by atoms with Gasteiger partial charge in [0.1, 0.15) is 0 Å². The standard InChI is InChI=1S/C15H20N4O4S/c1-11(19-24(2,21)22)15(20)16-9-8-14-17-13(18-23-14)10-12-6-4-3-5-7-12/h3-7,11,19H,8-10H2,1-2H3,(H,16,20)/t11-/m1/s1. The van der Waals surface area contributed by atoms with Gasteiger partial charge in [0.25, 0.3) is 0 Å². The first-order valence-corrected chi connectivity index (χ1v) is 9.33. The molecule has 1 amide bonds. The summed E-state index contributed by atoms with van der Waals surface area (Å²) in [6.07, 6.45) is 1.95. The molecule has 1 heterocycles. The molecule has 2 rings (SSSR count). The van der Waals surface area contributed by atoms with Gasteiger partial charge < -0.3 is 9.84 Å². The van der Waals surface area contributed by atoms with E-state index in [0.29, 0.717) is 24.6 Å². The minimum Gasteiger partial charge on any atom is -0.354 e. The fourth-order valence-corrected chi connectivity index (χ4v) is 2.81. The van der Waals surface area contributed by atoms with Crippen LogP contribution in [0.2, 0.25) is 0 Å². The second-order valence-corrected chi connectivity index (χ2v) is 7.20. The molecule has 1 aromatic carbocycles. The van der Waals surface area contributed by atoms with Crippen LogP contribution in [0.25, 0.3) is 0 Å². The second kappa shape index (κ2) is 8.02. The Morgan fingerprint density at radius 1 is 1.29 bits per heavy atom. The first-order chi connectivity index (χ1) is 11.3. The van der Waals surface area contributed by atoms with Crippen molar-refractivity contribution < 1.29 is 17.7 Å². The molecule has 1 aromatic heterocycles. The first-order valence-electron chi connectivity index (χ1n) is 7.44. The molecule has 24 heavy (non-hydrogen) atoms. The van der Waals surface area contributed by atoms with Crippen LogP contribution in [0.5, 0.6) is 0 Å². The average Bonchev–Trinajstić information content (AvgIpc) is 2.94. The zero-order chi connectivity index (χ0) is 17.6. The van der Waals surface area contributed by atoms with Crippen molar-refractivity contribution in [3.63, 3.8) is 0 Å². The molecule has 0 saturated carbocycles. The van der Waals surface area contributed by atoms with Crippen LogP contribution in [0.3, 0.4) is 0 Å². The average molecular weight is 352 g/mol. The number of hydrogen-bond donors (Lipinski definition) is 2. The van der Waals surface area contributed by atoms with E-state index >= 15 is 0 Å². The van der Waals surface area contributed by atoms with Crippen LogP contribution in [-0.4, -0.2) is 43.3 Å². The van der Waals surface area contributed by atoms with Crippen molar-refractivity contribution in [1.82, 2.24) is 20.2 Å². The van der Waals surface area contributed by atoms with Crippen LogP contribution in [0.1, 0.15) is 24.2 Å². The lowest BCUT2D eigenvalue weighted by Gasteiger charge is -2.11. The van der Waals surface area contributed by atoms with Crippen LogP contribution in [0, 0.1) is 0 Å². The van der Waals surface area contributed by atoms with Crippen molar-refractivity contribution >= 4 is 15.9 Å². The van der Waals surface area contributed by atoms with Crippen molar-refractivity contribution in [2.24, 2.45) is 0 Å². The maximum Gasteiger partial charge on any atom is 0.237 e. The summed E-state index contributed by atoms with van der Waals surface area (Å²) in [5.74, 6) is 0.587. The van der Waals surface area contributed by atoms with Crippen LogP contribution in [0.4, 0.5) is 0 Å². The highest BCUT2D eigenvalue weighted by Crippen LogP contribution is 2.06. The van der Waals surface area contributed by atoms with Gasteiger partial charge in [-0.3, -0.25) is 4.79 Å². The molecule has 0 bridgehead atoms. The van der Waals surface area contributed by atoms with Gasteiger partial charge in [-0.15, -0.1) is 0 Å². The second-order valence-electron chi connectivity index (χ2n) is 5.42. The van der Waals surface area contributed by atoms with Gasteiger partial charge in [-0.2, -0.15) is 4.98 Å². The summed E-state index contributed by atoms with van der Waals surface area (Å²) in [4.78, 5) is 16.0. The predicted octanol–water partition coefficient (Wildman–Crippen LogP) is 0.257. The largest absolute Gasteiger partial charge is 0.354 e. The van der Waals surface area contributed by atoms with Gasteiger partial charge in [-0.05, 0) is 12.5 Å². The van der Waals surface area contributed by atoms with Crippen molar-refractivity contribution in [3.05, 3.63) is 47.6 Å². The molecule has 8 nitrogen and oxygen atoms in total. The summed E-state index contributed by atoms with van der Waals surface area (Å²) in [5, 5.41) is 6.52. The summed E-state index contributed by atoms with van der Waals surface area (Å²) in [6.45, 7) is 1.75. The molecule has 0 aliphatic rings. The molecule has 0 aliphatic heterocycles. The minimum atomic E-state index is -3.42. The van der Waals surface area contributed by atoms with Crippen molar-refractivity contribution in [1.29, 1.82) is 0 Å². The minimum absolute atomic E-state index is 0.279. The third-order valence-corrected chi connectivity index (χ3v) is 3.92. The number of nitrogens with zero attached hydrogens (tertiary/aromatic N) is 2. The highest BCUT2D eigenvalue weighted by Gasteiger charge is 2.16. The zero-order valence-electron chi connectivity index (χ0n) is 13.5. The topological polar surface area (TPSA) is 114 Å².